The van der Waals surface area contributed by atoms with Gasteiger partial charge in [0.15, 0.2) is 0 Å². The maximum Gasteiger partial charge on any atom is 0.148 e. The van der Waals surface area contributed by atoms with E-state index in [2.05, 4.69) is 37.3 Å². The van der Waals surface area contributed by atoms with E-state index in [1.54, 1.807) is 24.5 Å². The van der Waals surface area contributed by atoms with Crippen molar-refractivity contribution in [3.05, 3.63) is 58.8 Å². The number of hydrogen-bond acceptors (Lipinski definition) is 4. The van der Waals surface area contributed by atoms with Crippen LogP contribution in [0.3, 0.4) is 0 Å². The Morgan fingerprint density at radius 2 is 2.05 bits per heavy atom. The molecule has 5 heteroatoms. The molecule has 3 aromatic rings. The van der Waals surface area contributed by atoms with E-state index in [9.17, 15) is 0 Å². The average molecular weight is 325 g/mol. The Kier molecular flexibility index (Phi) is 3.32. The van der Waals surface area contributed by atoms with Crippen LogP contribution in [0.15, 0.2) is 53.3 Å². The summed E-state index contributed by atoms with van der Waals surface area (Å²) in [7, 11) is 0. The minimum Gasteiger partial charge on any atom is -0.337 e. The Labute approximate surface area is 124 Å². The van der Waals surface area contributed by atoms with Crippen molar-refractivity contribution in [2.75, 3.05) is 5.32 Å². The Hall–Kier alpha value is -2.45. The first-order valence-electron chi connectivity index (χ1n) is 5.94. The van der Waals surface area contributed by atoms with E-state index in [4.69, 9.17) is 5.26 Å². The molecule has 0 aliphatic carbocycles. The molecule has 0 aliphatic heterocycles. The molecular weight excluding hydrogens is 316 g/mol. The number of nitriles is 1. The number of para-hydroxylation sites is 1. The molecule has 0 atom stereocenters. The zero-order chi connectivity index (χ0) is 13.9. The summed E-state index contributed by atoms with van der Waals surface area (Å²) in [5.41, 5.74) is 2.16. The predicted octanol–water partition coefficient (Wildman–Crippen LogP) is 4.01. The number of pyridine rings is 2. The van der Waals surface area contributed by atoms with Gasteiger partial charge in [0, 0.05) is 22.3 Å². The van der Waals surface area contributed by atoms with Gasteiger partial charge in [0.05, 0.1) is 16.8 Å². The van der Waals surface area contributed by atoms with Crippen LogP contribution in [0, 0.1) is 11.3 Å². The van der Waals surface area contributed by atoms with Crippen LogP contribution in [0.25, 0.3) is 10.9 Å². The van der Waals surface area contributed by atoms with Crippen LogP contribution in [0.5, 0.6) is 0 Å². The first-order valence-corrected chi connectivity index (χ1v) is 6.73. The van der Waals surface area contributed by atoms with E-state index >= 15 is 0 Å². The topological polar surface area (TPSA) is 61.6 Å². The summed E-state index contributed by atoms with van der Waals surface area (Å²) < 4.78 is 0.928. The summed E-state index contributed by atoms with van der Waals surface area (Å²) in [5, 5.41) is 13.3. The molecule has 0 aliphatic rings. The van der Waals surface area contributed by atoms with Gasteiger partial charge in [-0.2, -0.15) is 5.26 Å². The van der Waals surface area contributed by atoms with E-state index in [1.807, 2.05) is 24.3 Å². The van der Waals surface area contributed by atoms with Crippen LogP contribution in [0.4, 0.5) is 11.5 Å². The molecule has 0 bridgehead atoms. The second kappa shape index (κ2) is 5.27. The van der Waals surface area contributed by atoms with E-state index < -0.39 is 0 Å². The van der Waals surface area contributed by atoms with Gasteiger partial charge in [-0.05, 0) is 40.2 Å². The Balaban J connectivity index is 2.10. The minimum atomic E-state index is 0.501. The molecule has 0 spiro atoms. The number of aromatic nitrogens is 2. The Bertz CT molecular complexity index is 823. The smallest absolute Gasteiger partial charge is 0.148 e. The zero-order valence-corrected chi connectivity index (χ0v) is 11.9. The van der Waals surface area contributed by atoms with Gasteiger partial charge in [0.2, 0.25) is 0 Å². The maximum atomic E-state index is 9.09. The third-order valence-corrected chi connectivity index (χ3v) is 3.29. The number of nitrogens with one attached hydrogen (secondary N) is 1. The Morgan fingerprint density at radius 3 is 2.90 bits per heavy atom. The van der Waals surface area contributed by atoms with E-state index in [1.165, 1.54) is 0 Å². The number of halogens is 1. The van der Waals surface area contributed by atoms with Crippen molar-refractivity contribution in [1.29, 1.82) is 5.26 Å². The molecule has 1 N–H and O–H groups in total. The highest BCUT2D eigenvalue weighted by atomic mass is 79.9. The van der Waals surface area contributed by atoms with Crippen molar-refractivity contribution >= 4 is 38.3 Å². The van der Waals surface area contributed by atoms with Crippen molar-refractivity contribution in [3.63, 3.8) is 0 Å². The molecule has 1 aromatic carbocycles. The van der Waals surface area contributed by atoms with E-state index in [0.29, 0.717) is 11.4 Å². The summed E-state index contributed by atoms with van der Waals surface area (Å²) in [6, 6.07) is 13.4. The summed E-state index contributed by atoms with van der Waals surface area (Å²) in [5.74, 6) is 0.534. The van der Waals surface area contributed by atoms with E-state index in [-0.39, 0.29) is 0 Å². The predicted molar refractivity (Wildman–Crippen MR) is 81.7 cm³/mol. The molecule has 0 fully saturated rings. The highest BCUT2D eigenvalue weighted by Crippen LogP contribution is 2.26. The second-order valence-electron chi connectivity index (χ2n) is 4.17. The molecule has 0 saturated heterocycles. The van der Waals surface area contributed by atoms with Crippen LogP contribution in [0.1, 0.15) is 5.56 Å². The average Bonchev–Trinajstić information content (AvgIpc) is 2.47. The highest BCUT2D eigenvalue weighted by Gasteiger charge is 2.07. The molecule has 0 radical (unpaired) electrons. The first kappa shape index (κ1) is 12.6. The molecule has 2 aromatic heterocycles. The summed E-state index contributed by atoms with van der Waals surface area (Å²) in [6.07, 6.45) is 3.40. The lowest BCUT2D eigenvalue weighted by Crippen LogP contribution is -1.97. The van der Waals surface area contributed by atoms with Gasteiger partial charge in [-0.1, -0.05) is 12.1 Å². The second-order valence-corrected chi connectivity index (χ2v) is 5.08. The van der Waals surface area contributed by atoms with Gasteiger partial charge in [-0.15, -0.1) is 0 Å². The fourth-order valence-electron chi connectivity index (χ4n) is 1.96. The molecule has 2 heterocycles. The van der Waals surface area contributed by atoms with Gasteiger partial charge in [0.25, 0.3) is 0 Å². The fraction of sp³-hybridized carbons (Fsp3) is 0. The monoisotopic (exact) mass is 324 g/mol. The molecule has 0 amide bonds. The van der Waals surface area contributed by atoms with Crippen molar-refractivity contribution < 1.29 is 0 Å². The van der Waals surface area contributed by atoms with Gasteiger partial charge >= 0.3 is 0 Å². The molecule has 0 saturated carbocycles. The summed E-state index contributed by atoms with van der Waals surface area (Å²) >= 11 is 3.41. The van der Waals surface area contributed by atoms with Crippen LogP contribution in [-0.4, -0.2) is 9.97 Å². The zero-order valence-electron chi connectivity index (χ0n) is 10.3. The van der Waals surface area contributed by atoms with Gasteiger partial charge in [-0.25, -0.2) is 4.98 Å². The van der Waals surface area contributed by atoms with Crippen molar-refractivity contribution in [3.8, 4) is 6.07 Å². The lowest BCUT2D eigenvalue weighted by Gasteiger charge is -2.09. The number of hydrogen-bond donors (Lipinski definition) is 1. The quantitative estimate of drug-likeness (QED) is 0.773. The third-order valence-electron chi connectivity index (χ3n) is 2.86. The number of fused-ring (bicyclic) bond motifs is 1. The van der Waals surface area contributed by atoms with Crippen LogP contribution in [-0.2, 0) is 0 Å². The SMILES string of the molecule is N#Cc1cccnc1Nc1cccc2cc(Br)cnc12. The molecule has 4 nitrogen and oxygen atoms in total. The minimum absolute atomic E-state index is 0.501. The molecular formula is C15H9BrN4. The van der Waals surface area contributed by atoms with Gasteiger partial charge < -0.3 is 5.32 Å². The highest BCUT2D eigenvalue weighted by molar-refractivity contribution is 9.10. The van der Waals surface area contributed by atoms with Crippen LogP contribution in [0.2, 0.25) is 0 Å². The van der Waals surface area contributed by atoms with Crippen LogP contribution < -0.4 is 5.32 Å². The molecule has 3 rings (SSSR count). The van der Waals surface area contributed by atoms with Crippen molar-refractivity contribution in [2.24, 2.45) is 0 Å². The van der Waals surface area contributed by atoms with Crippen molar-refractivity contribution in [2.45, 2.75) is 0 Å². The van der Waals surface area contributed by atoms with Crippen molar-refractivity contribution in [1.82, 2.24) is 9.97 Å². The largest absolute Gasteiger partial charge is 0.337 e. The number of anilines is 2. The number of rotatable bonds is 2. The molecule has 20 heavy (non-hydrogen) atoms. The lowest BCUT2D eigenvalue weighted by atomic mass is 10.2. The normalized spacial score (nSPS) is 10.2. The molecule has 96 valence electrons. The third kappa shape index (κ3) is 2.33. The molecule has 0 unspecified atom stereocenters. The Morgan fingerprint density at radius 1 is 1.15 bits per heavy atom. The summed E-state index contributed by atoms with van der Waals surface area (Å²) in [4.78, 5) is 8.61. The summed E-state index contributed by atoms with van der Waals surface area (Å²) in [6.45, 7) is 0. The van der Waals surface area contributed by atoms with Gasteiger partial charge in [-0.3, -0.25) is 4.98 Å². The number of benzene rings is 1. The van der Waals surface area contributed by atoms with Gasteiger partial charge in [0.1, 0.15) is 11.9 Å². The number of nitrogens with zero attached hydrogens (tertiary/aromatic N) is 3. The maximum absolute atomic E-state index is 9.09. The van der Waals surface area contributed by atoms with E-state index in [0.717, 1.165) is 21.1 Å². The lowest BCUT2D eigenvalue weighted by molar-refractivity contribution is 1.28. The first-order chi connectivity index (χ1) is 9.78. The van der Waals surface area contributed by atoms with Crippen LogP contribution >= 0.6 is 15.9 Å². The standard InChI is InChI=1S/C15H9BrN4/c16-12-7-10-3-1-5-13(14(10)19-9-12)20-15-11(8-17)4-2-6-18-15/h1-7,9H,(H,18,20). The fourth-order valence-corrected chi connectivity index (χ4v) is 2.31.